The second-order valence-electron chi connectivity index (χ2n) is 9.30. The third kappa shape index (κ3) is 2.16. The van der Waals surface area contributed by atoms with E-state index in [-0.39, 0.29) is 23.8 Å². The summed E-state index contributed by atoms with van der Waals surface area (Å²) in [6.45, 7) is 0.672. The third-order valence-corrected chi connectivity index (χ3v) is 8.30. The van der Waals surface area contributed by atoms with Crippen molar-refractivity contribution >= 4 is 51.5 Å². The average molecular weight is 458 g/mol. The van der Waals surface area contributed by atoms with Crippen LogP contribution in [0.1, 0.15) is 18.4 Å². The second kappa shape index (κ2) is 6.43. The number of hydrogen-bond acceptors (Lipinski definition) is 4. The van der Waals surface area contributed by atoms with E-state index in [1.54, 1.807) is 6.07 Å². The maximum absolute atomic E-state index is 14.1. The molecule has 3 aromatic carbocycles. The molecule has 7 heteroatoms. The number of halogens is 1. The molecule has 0 saturated carbocycles. The molecule has 164 valence electrons. The maximum atomic E-state index is 14.1. The number of para-hydroxylation sites is 1. The van der Waals surface area contributed by atoms with E-state index < -0.39 is 17.4 Å². The van der Waals surface area contributed by atoms with Crippen molar-refractivity contribution in [2.75, 3.05) is 16.8 Å². The molecule has 3 fully saturated rings. The fraction of sp³-hybridized carbons (Fsp3) is 0.269. The first-order valence-electron chi connectivity index (χ1n) is 11.3. The van der Waals surface area contributed by atoms with Crippen LogP contribution in [0.4, 0.5) is 11.4 Å². The lowest BCUT2D eigenvalue weighted by molar-refractivity contribution is -0.135. The maximum Gasteiger partial charge on any atom is 0.250 e. The second-order valence-corrected chi connectivity index (χ2v) is 9.71. The summed E-state index contributed by atoms with van der Waals surface area (Å²) in [5.41, 5.74) is 0.638. The number of rotatable bonds is 1. The molecule has 33 heavy (non-hydrogen) atoms. The Morgan fingerprint density at radius 1 is 0.939 bits per heavy atom. The Kier molecular flexibility index (Phi) is 3.75. The first-order chi connectivity index (χ1) is 16.0. The monoisotopic (exact) mass is 457 g/mol. The van der Waals surface area contributed by atoms with Crippen LogP contribution in [-0.4, -0.2) is 35.2 Å². The SMILES string of the molecule is O=C1[C@@H]2[C@@H]3CCCN3[C@]3(C(=O)Nc4c(Cl)cccc43)[C@H]2C(=O)N1c1cccc2ccccc12. The first kappa shape index (κ1) is 19.3. The zero-order valence-corrected chi connectivity index (χ0v) is 18.4. The van der Waals surface area contributed by atoms with Gasteiger partial charge in [-0.25, -0.2) is 4.90 Å². The molecule has 4 heterocycles. The van der Waals surface area contributed by atoms with Crippen LogP contribution in [-0.2, 0) is 19.9 Å². The van der Waals surface area contributed by atoms with Crippen molar-refractivity contribution in [3.8, 4) is 0 Å². The summed E-state index contributed by atoms with van der Waals surface area (Å²) < 4.78 is 0. The molecule has 1 N–H and O–H groups in total. The van der Waals surface area contributed by atoms with E-state index in [1.807, 2.05) is 54.6 Å². The number of nitrogens with one attached hydrogen (secondary N) is 1. The van der Waals surface area contributed by atoms with Crippen LogP contribution in [0.2, 0.25) is 5.02 Å². The van der Waals surface area contributed by atoms with E-state index in [1.165, 1.54) is 4.90 Å². The van der Waals surface area contributed by atoms with E-state index in [0.717, 1.165) is 23.6 Å². The molecule has 0 aromatic heterocycles. The average Bonchev–Trinajstić information content (AvgIpc) is 3.53. The fourth-order valence-electron chi connectivity index (χ4n) is 6.84. The Balaban J connectivity index is 1.46. The molecule has 4 aliphatic heterocycles. The van der Waals surface area contributed by atoms with Gasteiger partial charge in [-0.2, -0.15) is 0 Å². The van der Waals surface area contributed by atoms with Gasteiger partial charge in [-0.05, 0) is 36.9 Å². The minimum absolute atomic E-state index is 0.151. The van der Waals surface area contributed by atoms with Gasteiger partial charge < -0.3 is 5.32 Å². The van der Waals surface area contributed by atoms with Crippen LogP contribution in [0, 0.1) is 11.8 Å². The Morgan fingerprint density at radius 2 is 1.73 bits per heavy atom. The van der Waals surface area contributed by atoms with Crippen molar-refractivity contribution in [1.29, 1.82) is 0 Å². The van der Waals surface area contributed by atoms with Crippen molar-refractivity contribution in [3.63, 3.8) is 0 Å². The number of carbonyl (C=O) groups excluding carboxylic acids is 3. The Hall–Kier alpha value is -3.22. The molecule has 4 aliphatic rings. The minimum atomic E-state index is -1.21. The number of imide groups is 1. The number of fused-ring (bicyclic) bond motifs is 8. The number of hydrogen-bond donors (Lipinski definition) is 1. The Labute approximate surface area is 195 Å². The molecular weight excluding hydrogens is 438 g/mol. The third-order valence-electron chi connectivity index (χ3n) is 7.98. The summed E-state index contributed by atoms with van der Waals surface area (Å²) in [5, 5.41) is 5.20. The summed E-state index contributed by atoms with van der Waals surface area (Å²) in [7, 11) is 0. The van der Waals surface area contributed by atoms with Crippen molar-refractivity contribution < 1.29 is 14.4 Å². The quantitative estimate of drug-likeness (QED) is 0.562. The van der Waals surface area contributed by atoms with Gasteiger partial charge in [-0.15, -0.1) is 0 Å². The van der Waals surface area contributed by atoms with E-state index in [9.17, 15) is 14.4 Å². The summed E-state index contributed by atoms with van der Waals surface area (Å²) >= 11 is 6.44. The lowest BCUT2D eigenvalue weighted by atomic mass is 9.75. The standard InChI is InChI=1S/C26H20ClN3O3/c27-17-10-4-9-16-22(17)28-25(33)26(16)21-20(19-12-5-13-29(19)26)23(31)30(24(21)32)18-11-3-7-14-6-1-2-8-15(14)18/h1-4,6-11,19-21H,5,12-13H2,(H,28,33)/t19-,20+,21+,26-/m0/s1. The largest absolute Gasteiger partial charge is 0.323 e. The summed E-state index contributed by atoms with van der Waals surface area (Å²) in [6, 6.07) is 18.6. The van der Waals surface area contributed by atoms with Gasteiger partial charge in [0.25, 0.3) is 5.91 Å². The van der Waals surface area contributed by atoms with E-state index in [2.05, 4.69) is 10.2 Å². The molecule has 3 amide bonds. The van der Waals surface area contributed by atoms with Crippen LogP contribution in [0.25, 0.3) is 10.8 Å². The molecule has 1 spiro atoms. The van der Waals surface area contributed by atoms with Gasteiger partial charge in [0.05, 0.1) is 28.2 Å². The van der Waals surface area contributed by atoms with E-state index in [0.29, 0.717) is 28.5 Å². The van der Waals surface area contributed by atoms with Crippen LogP contribution >= 0.6 is 11.6 Å². The van der Waals surface area contributed by atoms with Gasteiger partial charge in [0.15, 0.2) is 0 Å². The van der Waals surface area contributed by atoms with Crippen molar-refractivity contribution in [1.82, 2.24) is 4.90 Å². The Bertz CT molecular complexity index is 1400. The summed E-state index contributed by atoms with van der Waals surface area (Å²) in [5.74, 6) is -2.12. The van der Waals surface area contributed by atoms with Gasteiger partial charge in [-0.3, -0.25) is 19.3 Å². The molecule has 3 saturated heterocycles. The molecule has 4 atom stereocenters. The Morgan fingerprint density at radius 3 is 2.61 bits per heavy atom. The predicted molar refractivity (Wildman–Crippen MR) is 125 cm³/mol. The fourth-order valence-corrected chi connectivity index (χ4v) is 7.06. The van der Waals surface area contributed by atoms with Crippen molar-refractivity contribution in [3.05, 3.63) is 71.2 Å². The van der Waals surface area contributed by atoms with Crippen LogP contribution in [0.3, 0.4) is 0 Å². The lowest BCUT2D eigenvalue weighted by Gasteiger charge is -2.36. The summed E-state index contributed by atoms with van der Waals surface area (Å²) in [4.78, 5) is 45.2. The topological polar surface area (TPSA) is 69.7 Å². The summed E-state index contributed by atoms with van der Waals surface area (Å²) in [6.07, 6.45) is 1.67. The molecule has 0 bridgehead atoms. The minimum Gasteiger partial charge on any atom is -0.323 e. The normalized spacial score (nSPS) is 30.3. The number of anilines is 2. The zero-order chi connectivity index (χ0) is 22.5. The molecule has 0 radical (unpaired) electrons. The molecule has 0 unspecified atom stereocenters. The van der Waals surface area contributed by atoms with Crippen LogP contribution in [0.15, 0.2) is 60.7 Å². The molecule has 6 nitrogen and oxygen atoms in total. The van der Waals surface area contributed by atoms with Crippen molar-refractivity contribution in [2.24, 2.45) is 11.8 Å². The smallest absolute Gasteiger partial charge is 0.250 e. The van der Waals surface area contributed by atoms with Gasteiger partial charge in [0.2, 0.25) is 11.8 Å². The molecule has 7 rings (SSSR count). The van der Waals surface area contributed by atoms with Gasteiger partial charge in [0.1, 0.15) is 5.54 Å². The number of nitrogens with zero attached hydrogens (tertiary/aromatic N) is 2. The van der Waals surface area contributed by atoms with Crippen LogP contribution in [0.5, 0.6) is 0 Å². The number of amides is 3. The predicted octanol–water partition coefficient (Wildman–Crippen LogP) is 3.92. The van der Waals surface area contributed by atoms with E-state index in [4.69, 9.17) is 11.6 Å². The highest BCUT2D eigenvalue weighted by Crippen LogP contribution is 2.61. The molecule has 3 aromatic rings. The highest BCUT2D eigenvalue weighted by molar-refractivity contribution is 6.35. The number of carbonyl (C=O) groups is 3. The highest BCUT2D eigenvalue weighted by atomic mass is 35.5. The van der Waals surface area contributed by atoms with E-state index >= 15 is 0 Å². The van der Waals surface area contributed by atoms with Crippen LogP contribution < -0.4 is 10.2 Å². The highest BCUT2D eigenvalue weighted by Gasteiger charge is 2.74. The van der Waals surface area contributed by atoms with Crippen molar-refractivity contribution in [2.45, 2.75) is 24.4 Å². The molecule has 0 aliphatic carbocycles. The molecular formula is C26H20ClN3O3. The van der Waals surface area contributed by atoms with Gasteiger partial charge >= 0.3 is 0 Å². The first-order valence-corrected chi connectivity index (χ1v) is 11.7. The van der Waals surface area contributed by atoms with Gasteiger partial charge in [-0.1, -0.05) is 60.1 Å². The number of benzene rings is 3. The lowest BCUT2D eigenvalue weighted by Crippen LogP contribution is -2.54. The van der Waals surface area contributed by atoms with Gasteiger partial charge in [0, 0.05) is 17.0 Å². The zero-order valence-electron chi connectivity index (χ0n) is 17.6.